The molecule has 0 aromatic rings. The van der Waals surface area contributed by atoms with E-state index in [2.05, 4.69) is 5.09 Å². The van der Waals surface area contributed by atoms with E-state index >= 15 is 0 Å². The van der Waals surface area contributed by atoms with Gasteiger partial charge in [-0.25, -0.2) is 5.09 Å². The first-order chi connectivity index (χ1) is 6.66. The molecule has 1 N–H and O–H groups in total. The van der Waals surface area contributed by atoms with Crippen molar-refractivity contribution in [2.45, 2.75) is 26.4 Å². The van der Waals surface area contributed by atoms with Crippen molar-refractivity contribution in [1.82, 2.24) is 5.09 Å². The van der Waals surface area contributed by atoms with E-state index in [1.807, 2.05) is 26.0 Å². The smallest absolute Gasteiger partial charge is 0.295 e. The van der Waals surface area contributed by atoms with Crippen LogP contribution in [0.2, 0.25) is 0 Å². The van der Waals surface area contributed by atoms with Gasteiger partial charge in [-0.15, -0.1) is 0 Å². The topological polar surface area (TPSA) is 47.6 Å². The number of rotatable bonds is 4. The molecule has 1 heterocycles. The van der Waals surface area contributed by atoms with Crippen LogP contribution in [0.4, 0.5) is 0 Å². The average molecular weight is 219 g/mol. The summed E-state index contributed by atoms with van der Waals surface area (Å²) in [6.07, 6.45) is 4.89. The predicted octanol–water partition coefficient (Wildman–Crippen LogP) is 2.13. The summed E-state index contributed by atoms with van der Waals surface area (Å²) in [7, 11) is -2.72. The van der Waals surface area contributed by atoms with Gasteiger partial charge in [0.1, 0.15) is 6.35 Å². The summed E-state index contributed by atoms with van der Waals surface area (Å²) in [5.41, 5.74) is 0. The lowest BCUT2D eigenvalue weighted by Gasteiger charge is -2.28. The average Bonchev–Trinajstić information content (AvgIpc) is 2.12. The molecule has 82 valence electrons. The fourth-order valence-electron chi connectivity index (χ4n) is 1.23. The summed E-state index contributed by atoms with van der Waals surface area (Å²) < 4.78 is 22.5. The lowest BCUT2D eigenvalue weighted by atomic mass is 10.3. The van der Waals surface area contributed by atoms with Gasteiger partial charge in [-0.3, -0.25) is 4.57 Å². The number of hydrogen-bond acceptors (Lipinski definition) is 3. The Bertz CT molecular complexity index is 242. The van der Waals surface area contributed by atoms with Crippen LogP contribution in [0.3, 0.4) is 0 Å². The predicted molar refractivity (Wildman–Crippen MR) is 56.4 cm³/mol. The van der Waals surface area contributed by atoms with Gasteiger partial charge in [-0.2, -0.15) is 0 Å². The van der Waals surface area contributed by atoms with Gasteiger partial charge in [0.15, 0.2) is 0 Å². The monoisotopic (exact) mass is 219 g/mol. The van der Waals surface area contributed by atoms with Crippen LogP contribution in [-0.2, 0) is 13.8 Å². The second kappa shape index (κ2) is 5.66. The van der Waals surface area contributed by atoms with Crippen molar-refractivity contribution in [1.29, 1.82) is 0 Å². The van der Waals surface area contributed by atoms with E-state index in [1.165, 1.54) is 0 Å². The first-order valence-corrected chi connectivity index (χ1v) is 6.69. The van der Waals surface area contributed by atoms with E-state index in [9.17, 15) is 4.57 Å². The van der Waals surface area contributed by atoms with Gasteiger partial charge in [0.2, 0.25) is 0 Å². The van der Waals surface area contributed by atoms with Gasteiger partial charge in [0.05, 0.1) is 12.7 Å². The molecule has 0 radical (unpaired) electrons. The SMILES string of the molecule is C/C=C\COC[P@]1(=O)NCC[C@H](C)O1. The fraction of sp³-hybridized carbons (Fsp3) is 0.778. The lowest BCUT2D eigenvalue weighted by molar-refractivity contribution is 0.148. The lowest BCUT2D eigenvalue weighted by Crippen LogP contribution is -2.29. The third-order valence-electron chi connectivity index (χ3n) is 1.96. The van der Waals surface area contributed by atoms with Gasteiger partial charge in [-0.05, 0) is 20.3 Å². The maximum Gasteiger partial charge on any atom is 0.295 e. The third kappa shape index (κ3) is 3.93. The van der Waals surface area contributed by atoms with Crippen molar-refractivity contribution in [2.75, 3.05) is 19.5 Å². The van der Waals surface area contributed by atoms with Crippen molar-refractivity contribution in [3.8, 4) is 0 Å². The molecule has 4 nitrogen and oxygen atoms in total. The Hall–Kier alpha value is -0.150. The number of hydrogen-bond donors (Lipinski definition) is 1. The zero-order valence-corrected chi connectivity index (χ0v) is 9.63. The van der Waals surface area contributed by atoms with Crippen molar-refractivity contribution >= 4 is 7.52 Å². The Labute approximate surface area is 85.2 Å². The zero-order valence-electron chi connectivity index (χ0n) is 8.73. The molecule has 14 heavy (non-hydrogen) atoms. The molecule has 1 rings (SSSR count). The first-order valence-electron chi connectivity index (χ1n) is 4.88. The summed E-state index contributed by atoms with van der Waals surface area (Å²) in [5.74, 6) is 0. The minimum absolute atomic E-state index is 0.0624. The quantitative estimate of drug-likeness (QED) is 0.447. The van der Waals surface area contributed by atoms with Crippen molar-refractivity contribution < 1.29 is 13.8 Å². The molecule has 0 unspecified atom stereocenters. The highest BCUT2D eigenvalue weighted by atomic mass is 31.2. The molecule has 1 saturated heterocycles. The highest BCUT2D eigenvalue weighted by Crippen LogP contribution is 2.46. The number of nitrogens with one attached hydrogen (secondary N) is 1. The largest absolute Gasteiger partial charge is 0.366 e. The molecule has 2 atom stereocenters. The Kier molecular flexibility index (Phi) is 4.82. The normalized spacial score (nSPS) is 33.7. The van der Waals surface area contributed by atoms with Crippen LogP contribution in [0.1, 0.15) is 20.3 Å². The highest BCUT2D eigenvalue weighted by molar-refractivity contribution is 7.56. The Balaban J connectivity index is 2.30. The maximum absolute atomic E-state index is 11.9. The molecule has 1 fully saturated rings. The molecule has 0 aliphatic carbocycles. The summed E-state index contributed by atoms with van der Waals surface area (Å²) in [4.78, 5) is 0. The second-order valence-electron chi connectivity index (χ2n) is 3.36. The van der Waals surface area contributed by atoms with E-state index in [4.69, 9.17) is 9.26 Å². The van der Waals surface area contributed by atoms with Gasteiger partial charge >= 0.3 is 0 Å². The van der Waals surface area contributed by atoms with E-state index in [1.54, 1.807) is 0 Å². The summed E-state index contributed by atoms with van der Waals surface area (Å²) >= 11 is 0. The molecule has 0 amide bonds. The van der Waals surface area contributed by atoms with Crippen LogP contribution in [-0.4, -0.2) is 25.6 Å². The number of allylic oxidation sites excluding steroid dienone is 1. The van der Waals surface area contributed by atoms with Crippen LogP contribution >= 0.6 is 7.52 Å². The maximum atomic E-state index is 11.9. The summed E-state index contributed by atoms with van der Waals surface area (Å²) in [5, 5.41) is 2.89. The first kappa shape index (κ1) is 11.9. The zero-order chi connectivity index (χ0) is 10.4. The van der Waals surface area contributed by atoms with Crippen molar-refractivity contribution in [2.24, 2.45) is 0 Å². The number of ether oxygens (including phenoxy) is 1. The van der Waals surface area contributed by atoms with Gasteiger partial charge < -0.3 is 9.26 Å². The molecule has 5 heteroatoms. The minimum atomic E-state index is -2.72. The Morgan fingerprint density at radius 2 is 2.50 bits per heavy atom. The molecule has 1 aliphatic heterocycles. The van der Waals surface area contributed by atoms with Gasteiger partial charge in [-0.1, -0.05) is 12.2 Å². The Morgan fingerprint density at radius 1 is 1.71 bits per heavy atom. The highest BCUT2D eigenvalue weighted by Gasteiger charge is 2.29. The molecule has 0 spiro atoms. The van der Waals surface area contributed by atoms with E-state index in [0.29, 0.717) is 6.61 Å². The van der Waals surface area contributed by atoms with Gasteiger partial charge in [0, 0.05) is 6.54 Å². The molecule has 0 bridgehead atoms. The van der Waals surface area contributed by atoms with E-state index < -0.39 is 7.52 Å². The fourth-order valence-corrected chi connectivity index (χ4v) is 2.96. The summed E-state index contributed by atoms with van der Waals surface area (Å²) in [6, 6.07) is 0. The third-order valence-corrected chi connectivity index (χ3v) is 3.89. The molecular formula is C9H18NO3P. The molecule has 0 aromatic heterocycles. The molecular weight excluding hydrogens is 201 g/mol. The van der Waals surface area contributed by atoms with Crippen LogP contribution in [0.5, 0.6) is 0 Å². The molecule has 1 aliphatic rings. The van der Waals surface area contributed by atoms with E-state index in [-0.39, 0.29) is 12.5 Å². The second-order valence-corrected chi connectivity index (χ2v) is 5.49. The minimum Gasteiger partial charge on any atom is -0.366 e. The van der Waals surface area contributed by atoms with Crippen LogP contribution < -0.4 is 5.09 Å². The standard InChI is InChI=1S/C9H18NO3P/c1-3-4-7-12-8-14(11)10-6-5-9(2)13-14/h3-4,9H,5-8H2,1-2H3,(H,10,11)/b4-3-/t9-,14+/m0/s1. The molecule has 0 aromatic carbocycles. The van der Waals surface area contributed by atoms with Crippen LogP contribution in [0.15, 0.2) is 12.2 Å². The van der Waals surface area contributed by atoms with Crippen LogP contribution in [0.25, 0.3) is 0 Å². The van der Waals surface area contributed by atoms with Crippen LogP contribution in [0, 0.1) is 0 Å². The summed E-state index contributed by atoms with van der Waals surface area (Å²) in [6.45, 7) is 5.08. The van der Waals surface area contributed by atoms with E-state index in [0.717, 1.165) is 13.0 Å². The van der Waals surface area contributed by atoms with Gasteiger partial charge in [0.25, 0.3) is 7.52 Å². The van der Waals surface area contributed by atoms with Crippen molar-refractivity contribution in [3.05, 3.63) is 12.2 Å². The Morgan fingerprint density at radius 3 is 3.14 bits per heavy atom. The van der Waals surface area contributed by atoms with Crippen molar-refractivity contribution in [3.63, 3.8) is 0 Å². The molecule has 0 saturated carbocycles.